The van der Waals surface area contributed by atoms with Crippen LogP contribution >= 0.6 is 24.8 Å². The zero-order valence-electron chi connectivity index (χ0n) is 14.4. The molecule has 0 radical (unpaired) electrons. The molecule has 0 bridgehead atoms. The third kappa shape index (κ3) is 8.20. The number of hydrogen-bond donors (Lipinski definition) is 2. The molecule has 1 amide bonds. The van der Waals surface area contributed by atoms with Crippen LogP contribution in [0, 0.1) is 0 Å². The fourth-order valence-corrected chi connectivity index (χ4v) is 2.15. The van der Waals surface area contributed by atoms with Gasteiger partial charge in [0, 0.05) is 36.1 Å². The summed E-state index contributed by atoms with van der Waals surface area (Å²) in [5, 5.41) is 6.17. The van der Waals surface area contributed by atoms with Crippen LogP contribution in [-0.2, 0) is 6.61 Å². The molecule has 1 aromatic carbocycles. The van der Waals surface area contributed by atoms with Crippen LogP contribution in [-0.4, -0.2) is 30.0 Å². The lowest BCUT2D eigenvalue weighted by Gasteiger charge is -2.13. The van der Waals surface area contributed by atoms with E-state index in [0.717, 1.165) is 12.1 Å². The number of pyridine rings is 1. The van der Waals surface area contributed by atoms with Gasteiger partial charge in [-0.3, -0.25) is 9.78 Å². The fraction of sp³-hybridized carbons (Fsp3) is 0.333. The number of carbonyl (C=O) groups is 1. The summed E-state index contributed by atoms with van der Waals surface area (Å²) < 4.78 is 5.71. The molecule has 1 heterocycles. The summed E-state index contributed by atoms with van der Waals surface area (Å²) in [4.78, 5) is 16.2. The van der Waals surface area contributed by atoms with Crippen LogP contribution in [0.25, 0.3) is 0 Å². The number of halogens is 2. The number of amides is 1. The number of ether oxygens (including phenoxy) is 1. The molecule has 0 aliphatic rings. The summed E-state index contributed by atoms with van der Waals surface area (Å²) in [6.07, 6.45) is 3.49. The highest BCUT2D eigenvalue weighted by molar-refractivity contribution is 5.94. The van der Waals surface area contributed by atoms with E-state index in [9.17, 15) is 4.79 Å². The molecule has 7 heteroatoms. The van der Waals surface area contributed by atoms with Gasteiger partial charge in [0.2, 0.25) is 0 Å². The van der Waals surface area contributed by atoms with Crippen molar-refractivity contribution in [2.24, 2.45) is 0 Å². The summed E-state index contributed by atoms with van der Waals surface area (Å²) in [7, 11) is 0. The van der Waals surface area contributed by atoms with E-state index in [4.69, 9.17) is 4.74 Å². The first-order chi connectivity index (χ1) is 11.2. The molecule has 0 spiro atoms. The van der Waals surface area contributed by atoms with Gasteiger partial charge >= 0.3 is 0 Å². The number of nitrogens with one attached hydrogen (secondary N) is 2. The lowest BCUT2D eigenvalue weighted by Crippen LogP contribution is -2.38. The summed E-state index contributed by atoms with van der Waals surface area (Å²) in [6.45, 7) is 5.98. The minimum absolute atomic E-state index is 0. The predicted octanol–water partition coefficient (Wildman–Crippen LogP) is 3.23. The van der Waals surface area contributed by atoms with Crippen molar-refractivity contribution in [1.82, 2.24) is 15.6 Å². The minimum atomic E-state index is -0.0958. The molecule has 0 fully saturated rings. The number of aromatic nitrogens is 1. The van der Waals surface area contributed by atoms with Crippen molar-refractivity contribution in [3.8, 4) is 5.75 Å². The first-order valence-electron chi connectivity index (χ1n) is 7.82. The van der Waals surface area contributed by atoms with Gasteiger partial charge < -0.3 is 15.4 Å². The molecular weight excluding hydrogens is 361 g/mol. The molecular formula is C18H25Cl2N3O2. The summed E-state index contributed by atoms with van der Waals surface area (Å²) in [5.41, 5.74) is 1.58. The average Bonchev–Trinajstić information content (AvgIpc) is 2.59. The lowest BCUT2D eigenvalue weighted by molar-refractivity contribution is 0.0949. The fourth-order valence-electron chi connectivity index (χ4n) is 2.15. The van der Waals surface area contributed by atoms with Gasteiger partial charge in [0.1, 0.15) is 12.4 Å². The molecule has 0 saturated heterocycles. The maximum atomic E-state index is 12.2. The topological polar surface area (TPSA) is 63.2 Å². The highest BCUT2D eigenvalue weighted by Crippen LogP contribution is 2.15. The van der Waals surface area contributed by atoms with Crippen LogP contribution in [0.2, 0.25) is 0 Å². The number of carbonyl (C=O) groups excluding carboxylic acids is 1. The van der Waals surface area contributed by atoms with Crippen molar-refractivity contribution in [2.45, 2.75) is 26.5 Å². The van der Waals surface area contributed by atoms with Crippen molar-refractivity contribution in [3.05, 3.63) is 59.9 Å². The molecule has 0 aliphatic heterocycles. The Balaban J connectivity index is 0.00000288. The number of likely N-dealkylation sites (N-methyl/N-ethyl adjacent to an activating group) is 1. The van der Waals surface area contributed by atoms with Crippen LogP contribution in [0.5, 0.6) is 5.75 Å². The Morgan fingerprint density at radius 1 is 1.24 bits per heavy atom. The normalized spacial score (nSPS) is 10.8. The number of hydrogen-bond acceptors (Lipinski definition) is 4. The van der Waals surface area contributed by atoms with Crippen LogP contribution in [0.1, 0.15) is 29.8 Å². The van der Waals surface area contributed by atoms with E-state index in [1.807, 2.05) is 38.1 Å². The van der Waals surface area contributed by atoms with Crippen molar-refractivity contribution in [2.75, 3.05) is 13.1 Å². The molecule has 1 aromatic heterocycles. The van der Waals surface area contributed by atoms with Crippen LogP contribution < -0.4 is 15.4 Å². The molecule has 5 nitrogen and oxygen atoms in total. The summed E-state index contributed by atoms with van der Waals surface area (Å²) in [6, 6.07) is 11.3. The zero-order chi connectivity index (χ0) is 16.5. The van der Waals surface area contributed by atoms with E-state index < -0.39 is 0 Å². The summed E-state index contributed by atoms with van der Waals surface area (Å²) >= 11 is 0. The first-order valence-corrected chi connectivity index (χ1v) is 7.82. The molecule has 0 unspecified atom stereocenters. The molecule has 2 aromatic rings. The van der Waals surface area contributed by atoms with Gasteiger partial charge in [-0.1, -0.05) is 19.1 Å². The molecule has 2 N–H and O–H groups in total. The van der Waals surface area contributed by atoms with Gasteiger partial charge in [-0.2, -0.15) is 0 Å². The molecule has 0 aliphatic carbocycles. The van der Waals surface area contributed by atoms with Crippen molar-refractivity contribution in [1.29, 1.82) is 0 Å². The third-order valence-electron chi connectivity index (χ3n) is 3.35. The Bertz CT molecular complexity index is 627. The van der Waals surface area contributed by atoms with Gasteiger partial charge in [0.15, 0.2) is 0 Å². The Morgan fingerprint density at radius 3 is 2.72 bits per heavy atom. The Morgan fingerprint density at radius 2 is 2.04 bits per heavy atom. The highest BCUT2D eigenvalue weighted by atomic mass is 35.5. The second kappa shape index (κ2) is 12.5. The standard InChI is InChI=1S/C18H23N3O2.2ClH/c1-3-20-14(2)11-21-18(22)16-7-4-8-17(10-16)23-13-15-6-5-9-19-12-15;;/h4-10,12,14,20H,3,11,13H2,1-2H3,(H,21,22);2*1H/t14-;;/m1../s1. The smallest absolute Gasteiger partial charge is 0.251 e. The SMILES string of the molecule is CCN[C@H](C)CNC(=O)c1cccc(OCc2cccnc2)c1.Cl.Cl. The summed E-state index contributed by atoms with van der Waals surface area (Å²) in [5.74, 6) is 0.572. The second-order valence-electron chi connectivity index (χ2n) is 5.35. The second-order valence-corrected chi connectivity index (χ2v) is 5.35. The minimum Gasteiger partial charge on any atom is -0.489 e. The van der Waals surface area contributed by atoms with Gasteiger partial charge in [0.25, 0.3) is 5.91 Å². The molecule has 1 atom stereocenters. The Labute approximate surface area is 161 Å². The maximum absolute atomic E-state index is 12.2. The van der Waals surface area contributed by atoms with Gasteiger partial charge in [-0.25, -0.2) is 0 Å². The average molecular weight is 386 g/mol. The van der Waals surface area contributed by atoms with Gasteiger partial charge in [0.05, 0.1) is 0 Å². The number of rotatable bonds is 8. The highest BCUT2D eigenvalue weighted by Gasteiger charge is 2.08. The van der Waals surface area contributed by atoms with E-state index in [2.05, 4.69) is 15.6 Å². The monoisotopic (exact) mass is 385 g/mol. The Kier molecular flexibility index (Phi) is 11.6. The van der Waals surface area contributed by atoms with E-state index >= 15 is 0 Å². The van der Waals surface area contributed by atoms with Gasteiger partial charge in [-0.05, 0) is 37.7 Å². The van der Waals surface area contributed by atoms with Crippen LogP contribution in [0.3, 0.4) is 0 Å². The van der Waals surface area contributed by atoms with E-state index in [0.29, 0.717) is 24.5 Å². The van der Waals surface area contributed by atoms with Crippen molar-refractivity contribution < 1.29 is 9.53 Å². The van der Waals surface area contributed by atoms with Crippen molar-refractivity contribution in [3.63, 3.8) is 0 Å². The van der Waals surface area contributed by atoms with Crippen LogP contribution in [0.15, 0.2) is 48.8 Å². The van der Waals surface area contributed by atoms with Crippen molar-refractivity contribution >= 4 is 30.7 Å². The Hall–Kier alpha value is -1.82. The van der Waals surface area contributed by atoms with E-state index in [-0.39, 0.29) is 36.8 Å². The zero-order valence-corrected chi connectivity index (χ0v) is 16.0. The molecule has 2 rings (SSSR count). The third-order valence-corrected chi connectivity index (χ3v) is 3.35. The lowest BCUT2D eigenvalue weighted by atomic mass is 10.2. The molecule has 0 saturated carbocycles. The van der Waals surface area contributed by atoms with E-state index in [1.165, 1.54) is 0 Å². The first kappa shape index (κ1) is 23.2. The maximum Gasteiger partial charge on any atom is 0.251 e. The largest absolute Gasteiger partial charge is 0.489 e. The quantitative estimate of drug-likeness (QED) is 0.731. The van der Waals surface area contributed by atoms with Gasteiger partial charge in [-0.15, -0.1) is 24.8 Å². The van der Waals surface area contributed by atoms with E-state index in [1.54, 1.807) is 24.5 Å². The van der Waals surface area contributed by atoms with Crippen LogP contribution in [0.4, 0.5) is 0 Å². The predicted molar refractivity (Wildman–Crippen MR) is 105 cm³/mol. The molecule has 25 heavy (non-hydrogen) atoms. The number of nitrogens with zero attached hydrogens (tertiary/aromatic N) is 1. The molecule has 138 valence electrons. The number of benzene rings is 1.